The first kappa shape index (κ1) is 21.9. The maximum absolute atomic E-state index is 14.0. The molecule has 1 heterocycles. The quantitative estimate of drug-likeness (QED) is 0.659. The van der Waals surface area contributed by atoms with E-state index >= 15 is 0 Å². The van der Waals surface area contributed by atoms with Crippen LogP contribution in [0.3, 0.4) is 0 Å². The minimum absolute atomic E-state index is 0.385. The molecule has 158 valence electrons. The van der Waals surface area contributed by atoms with Crippen LogP contribution in [-0.4, -0.2) is 52.8 Å². The molecule has 2 aromatic rings. The summed E-state index contributed by atoms with van der Waals surface area (Å²) < 4.78 is 38.6. The molecule has 1 fully saturated rings. The Balaban J connectivity index is 1.84. The molecule has 5 nitrogen and oxygen atoms in total. The molecule has 0 bridgehead atoms. The number of halogens is 3. The predicted molar refractivity (Wildman–Crippen MR) is 104 cm³/mol. The largest absolute Gasteiger partial charge is 0.494 e. The van der Waals surface area contributed by atoms with Gasteiger partial charge in [-0.1, -0.05) is 35.9 Å². The lowest BCUT2D eigenvalue weighted by molar-refractivity contribution is -0.296. The fourth-order valence-corrected chi connectivity index (χ4v) is 3.55. The summed E-state index contributed by atoms with van der Waals surface area (Å²) in [5, 5.41) is 29.7. The van der Waals surface area contributed by atoms with Crippen molar-refractivity contribution in [2.24, 2.45) is 0 Å². The van der Waals surface area contributed by atoms with Gasteiger partial charge in [-0.15, -0.1) is 0 Å². The van der Waals surface area contributed by atoms with Crippen molar-refractivity contribution >= 4 is 11.6 Å². The van der Waals surface area contributed by atoms with Gasteiger partial charge in [0.2, 0.25) is 0 Å². The molecule has 2 aromatic carbocycles. The van der Waals surface area contributed by atoms with Crippen LogP contribution in [0.15, 0.2) is 42.5 Å². The number of benzene rings is 2. The lowest BCUT2D eigenvalue weighted by Crippen LogP contribution is -2.59. The first-order valence-corrected chi connectivity index (χ1v) is 9.66. The van der Waals surface area contributed by atoms with E-state index in [2.05, 4.69) is 0 Å². The Hall–Kier alpha value is -1.77. The number of aliphatic hydroxyl groups excluding tert-OH is 3. The van der Waals surface area contributed by atoms with E-state index in [0.717, 1.165) is 11.3 Å². The molecule has 0 amide bonds. The molecule has 4 atom stereocenters. The molecule has 0 radical (unpaired) electrons. The second-order valence-electron chi connectivity index (χ2n) is 6.94. The predicted octanol–water partition coefficient (Wildman–Crippen LogP) is 3.12. The zero-order valence-corrected chi connectivity index (χ0v) is 16.5. The third-order valence-corrected chi connectivity index (χ3v) is 5.33. The van der Waals surface area contributed by atoms with Crippen LogP contribution in [0.4, 0.5) is 8.78 Å². The van der Waals surface area contributed by atoms with Crippen LogP contribution in [0.5, 0.6) is 5.75 Å². The Bertz CT molecular complexity index is 826. The van der Waals surface area contributed by atoms with E-state index < -0.39 is 36.9 Å². The molecule has 1 aliphatic rings. The molecule has 0 saturated carbocycles. The van der Waals surface area contributed by atoms with E-state index in [-0.39, 0.29) is 0 Å². The van der Waals surface area contributed by atoms with Gasteiger partial charge in [-0.25, -0.2) is 8.78 Å². The molecule has 4 unspecified atom stereocenters. The fraction of sp³-hybridized carbons (Fsp3) is 0.429. The maximum Gasteiger partial charge on any atom is 0.303 e. The average Bonchev–Trinajstić information content (AvgIpc) is 2.70. The zero-order chi connectivity index (χ0) is 21.2. The highest BCUT2D eigenvalue weighted by molar-refractivity contribution is 6.31. The summed E-state index contributed by atoms with van der Waals surface area (Å²) in [6.07, 6.45) is -6.89. The van der Waals surface area contributed by atoms with Crippen molar-refractivity contribution in [1.82, 2.24) is 0 Å². The van der Waals surface area contributed by atoms with Crippen molar-refractivity contribution in [3.63, 3.8) is 0 Å². The van der Waals surface area contributed by atoms with Crippen LogP contribution in [0.2, 0.25) is 5.02 Å². The number of ether oxygens (including phenoxy) is 2. The van der Waals surface area contributed by atoms with Crippen LogP contribution in [0.25, 0.3) is 0 Å². The van der Waals surface area contributed by atoms with E-state index in [1.807, 2.05) is 31.2 Å². The average molecular weight is 429 g/mol. The van der Waals surface area contributed by atoms with E-state index in [4.69, 9.17) is 21.1 Å². The van der Waals surface area contributed by atoms with Crippen LogP contribution in [0.1, 0.15) is 29.7 Å². The first-order chi connectivity index (χ1) is 13.8. The minimum atomic E-state index is -3.76. The number of rotatable bonds is 6. The molecule has 3 N–H and O–H groups in total. The van der Waals surface area contributed by atoms with Gasteiger partial charge in [0.1, 0.15) is 30.2 Å². The van der Waals surface area contributed by atoms with E-state index in [0.29, 0.717) is 29.2 Å². The van der Waals surface area contributed by atoms with Gasteiger partial charge in [0, 0.05) is 5.02 Å². The van der Waals surface area contributed by atoms with E-state index in [9.17, 15) is 24.1 Å². The van der Waals surface area contributed by atoms with E-state index in [1.165, 1.54) is 0 Å². The standard InChI is InChI=1S/C21H23ClF2O5/c1-2-28-15-6-3-12(4-7-15)9-14-10-13(5-8-16(14)22)19-18(26)20(27)21(23,24)17(11-25)29-19/h3-8,10,17-20,25-27H,2,9,11H2,1H3. The summed E-state index contributed by atoms with van der Waals surface area (Å²) in [6, 6.07) is 12.3. The highest BCUT2D eigenvalue weighted by Crippen LogP contribution is 2.41. The van der Waals surface area contributed by atoms with Crippen LogP contribution >= 0.6 is 11.6 Å². The van der Waals surface area contributed by atoms with Gasteiger partial charge in [-0.3, -0.25) is 0 Å². The molecular weight excluding hydrogens is 406 g/mol. The highest BCUT2D eigenvalue weighted by atomic mass is 35.5. The van der Waals surface area contributed by atoms with Gasteiger partial charge in [-0.2, -0.15) is 0 Å². The molecule has 1 saturated heterocycles. The van der Waals surface area contributed by atoms with Crippen molar-refractivity contribution in [3.05, 3.63) is 64.2 Å². The Morgan fingerprint density at radius 3 is 2.45 bits per heavy atom. The van der Waals surface area contributed by atoms with Gasteiger partial charge in [0.05, 0.1) is 13.2 Å². The van der Waals surface area contributed by atoms with Crippen molar-refractivity contribution in [2.45, 2.75) is 43.7 Å². The minimum Gasteiger partial charge on any atom is -0.494 e. The van der Waals surface area contributed by atoms with E-state index in [1.54, 1.807) is 18.2 Å². The molecule has 3 rings (SSSR count). The summed E-state index contributed by atoms with van der Waals surface area (Å²) in [5.74, 6) is -3.01. The van der Waals surface area contributed by atoms with Crippen molar-refractivity contribution in [1.29, 1.82) is 0 Å². The Labute approximate surface area is 172 Å². The highest BCUT2D eigenvalue weighted by Gasteiger charge is 2.57. The first-order valence-electron chi connectivity index (χ1n) is 9.28. The summed E-state index contributed by atoms with van der Waals surface area (Å²) in [5.41, 5.74) is 2.05. The maximum atomic E-state index is 14.0. The van der Waals surface area contributed by atoms with Gasteiger partial charge < -0.3 is 24.8 Å². The second-order valence-corrected chi connectivity index (χ2v) is 7.35. The third-order valence-electron chi connectivity index (χ3n) is 4.96. The third kappa shape index (κ3) is 4.54. The van der Waals surface area contributed by atoms with Crippen molar-refractivity contribution in [3.8, 4) is 5.75 Å². The van der Waals surface area contributed by atoms with Crippen molar-refractivity contribution < 1.29 is 33.6 Å². The summed E-state index contributed by atoms with van der Waals surface area (Å²) >= 11 is 6.29. The molecule has 8 heteroatoms. The molecule has 0 aromatic heterocycles. The van der Waals surface area contributed by atoms with Gasteiger partial charge in [-0.05, 0) is 48.2 Å². The van der Waals surface area contributed by atoms with Crippen LogP contribution in [-0.2, 0) is 11.2 Å². The molecule has 29 heavy (non-hydrogen) atoms. The molecule has 0 aliphatic carbocycles. The van der Waals surface area contributed by atoms with Crippen molar-refractivity contribution in [2.75, 3.05) is 13.2 Å². The summed E-state index contributed by atoms with van der Waals surface area (Å²) in [7, 11) is 0. The topological polar surface area (TPSA) is 79.2 Å². The zero-order valence-electron chi connectivity index (χ0n) is 15.8. The number of hydrogen-bond acceptors (Lipinski definition) is 5. The Morgan fingerprint density at radius 2 is 1.83 bits per heavy atom. The normalized spacial score (nSPS) is 26.3. The van der Waals surface area contributed by atoms with Gasteiger partial charge in [0.25, 0.3) is 0 Å². The summed E-state index contributed by atoms with van der Waals surface area (Å²) in [6.45, 7) is 1.48. The second kappa shape index (κ2) is 8.93. The Morgan fingerprint density at radius 1 is 1.14 bits per heavy atom. The number of hydrogen-bond donors (Lipinski definition) is 3. The smallest absolute Gasteiger partial charge is 0.303 e. The van der Waals surface area contributed by atoms with Gasteiger partial charge >= 0.3 is 5.92 Å². The molecular formula is C21H23ClF2O5. The summed E-state index contributed by atoms with van der Waals surface area (Å²) in [4.78, 5) is 0. The van der Waals surface area contributed by atoms with Gasteiger partial charge in [0.15, 0.2) is 0 Å². The van der Waals surface area contributed by atoms with Crippen LogP contribution < -0.4 is 4.74 Å². The SMILES string of the molecule is CCOc1ccc(Cc2cc(C3OC(CO)C(F)(F)C(O)C3O)ccc2Cl)cc1. The van der Waals surface area contributed by atoms with Crippen LogP contribution in [0, 0.1) is 0 Å². The monoisotopic (exact) mass is 428 g/mol. The molecule has 0 spiro atoms. The number of alkyl halides is 2. The number of aliphatic hydroxyl groups is 3. The lowest BCUT2D eigenvalue weighted by Gasteiger charge is -2.42. The Kier molecular flexibility index (Phi) is 6.76. The molecule has 1 aliphatic heterocycles. The fourth-order valence-electron chi connectivity index (χ4n) is 3.37. The lowest BCUT2D eigenvalue weighted by atomic mass is 9.89.